The summed E-state index contributed by atoms with van der Waals surface area (Å²) >= 11 is 11.7. The van der Waals surface area contributed by atoms with Crippen molar-refractivity contribution in [3.8, 4) is 0 Å². The fraction of sp³-hybridized carbons (Fsp3) is 0.333. The molecule has 0 saturated carbocycles. The van der Waals surface area contributed by atoms with Crippen molar-refractivity contribution < 1.29 is 5.11 Å². The van der Waals surface area contributed by atoms with E-state index in [1.54, 1.807) is 6.08 Å². The van der Waals surface area contributed by atoms with Gasteiger partial charge in [0.25, 0.3) is 0 Å². The summed E-state index contributed by atoms with van der Waals surface area (Å²) in [6, 6.07) is 15.5. The molecule has 0 aliphatic heterocycles. The lowest BCUT2D eigenvalue weighted by atomic mass is 9.91. The van der Waals surface area contributed by atoms with Crippen LogP contribution in [0.5, 0.6) is 0 Å². The van der Waals surface area contributed by atoms with Gasteiger partial charge in [0.15, 0.2) is 0 Å². The number of halogens is 2. The largest absolute Gasteiger partial charge is 0.386 e. The van der Waals surface area contributed by atoms with Crippen LogP contribution in [-0.2, 0) is 6.54 Å². The molecular weight excluding hydrogens is 381 g/mol. The molecule has 0 spiro atoms. The monoisotopic (exact) mass is 403 g/mol. The molecule has 0 radical (unpaired) electrons. The van der Waals surface area contributed by atoms with Crippen molar-refractivity contribution in [1.82, 2.24) is 4.90 Å². The zero-order valence-corrected chi connectivity index (χ0v) is 16.5. The first-order valence-electron chi connectivity index (χ1n) is 9.00. The molecule has 0 saturated heterocycles. The molecule has 0 aromatic heterocycles. The van der Waals surface area contributed by atoms with E-state index in [0.29, 0.717) is 11.8 Å². The van der Waals surface area contributed by atoms with E-state index in [9.17, 15) is 5.11 Å². The molecule has 0 unspecified atom stereocenters. The van der Waals surface area contributed by atoms with Gasteiger partial charge in [0, 0.05) is 31.4 Å². The van der Waals surface area contributed by atoms with Gasteiger partial charge in [-0.1, -0.05) is 48.6 Å². The van der Waals surface area contributed by atoms with Gasteiger partial charge in [0.1, 0.15) is 12.1 Å². The van der Waals surface area contributed by atoms with Gasteiger partial charge < -0.3 is 5.11 Å². The topological polar surface area (TPSA) is 48.2 Å². The quantitative estimate of drug-likeness (QED) is 0.487. The molecule has 2 aromatic rings. The number of rotatable bonds is 8. The molecule has 0 heterocycles. The zero-order valence-electron chi connectivity index (χ0n) is 15.0. The maximum absolute atomic E-state index is 10.3. The van der Waals surface area contributed by atoms with Crippen molar-refractivity contribution in [1.29, 1.82) is 0 Å². The van der Waals surface area contributed by atoms with Crippen LogP contribution < -0.4 is 0 Å². The van der Waals surface area contributed by atoms with Gasteiger partial charge in [-0.05, 0) is 28.8 Å². The molecule has 142 valence electrons. The Bertz CT molecular complexity index is 786. The van der Waals surface area contributed by atoms with Gasteiger partial charge >= 0.3 is 0 Å². The highest BCUT2D eigenvalue weighted by atomic mass is 35.5. The summed E-state index contributed by atoms with van der Waals surface area (Å²) in [6.45, 7) is 2.42. The van der Waals surface area contributed by atoms with E-state index in [-0.39, 0.29) is 6.04 Å². The van der Waals surface area contributed by atoms with E-state index >= 15 is 0 Å². The van der Waals surface area contributed by atoms with Crippen molar-refractivity contribution in [2.75, 3.05) is 24.8 Å². The molecule has 1 aliphatic carbocycles. The Balaban J connectivity index is 1.68. The maximum atomic E-state index is 10.3. The van der Waals surface area contributed by atoms with Crippen LogP contribution in [-0.4, -0.2) is 41.0 Å². The number of aliphatic hydroxyl groups is 1. The summed E-state index contributed by atoms with van der Waals surface area (Å²) in [5.41, 5.74) is 4.00. The summed E-state index contributed by atoms with van der Waals surface area (Å²) in [6.07, 6.45) is 3.02. The van der Waals surface area contributed by atoms with Crippen LogP contribution in [0, 0.1) is 0 Å². The number of fused-ring (bicyclic) bond motifs is 1. The highest BCUT2D eigenvalue weighted by molar-refractivity contribution is 6.18. The normalized spacial score (nSPS) is 19.0. The summed E-state index contributed by atoms with van der Waals surface area (Å²) in [5.74, 6) is 1.17. The Morgan fingerprint density at radius 3 is 2.37 bits per heavy atom. The van der Waals surface area contributed by atoms with Gasteiger partial charge in [-0.2, -0.15) is 10.2 Å². The third-order valence-electron chi connectivity index (χ3n) is 4.55. The zero-order chi connectivity index (χ0) is 19.1. The Kier molecular flexibility index (Phi) is 7.41. The number of nitrogens with zero attached hydrogens (tertiary/aromatic N) is 3. The minimum atomic E-state index is -0.664. The highest BCUT2D eigenvalue weighted by Gasteiger charge is 2.24. The molecule has 1 aliphatic rings. The predicted molar refractivity (Wildman–Crippen MR) is 112 cm³/mol. The smallest absolute Gasteiger partial charge is 0.126 e. The number of aliphatic hydroxyl groups excluding tert-OH is 1. The summed E-state index contributed by atoms with van der Waals surface area (Å²) in [4.78, 5) is 2.22. The first kappa shape index (κ1) is 20.0. The van der Waals surface area contributed by atoms with Crippen LogP contribution in [0.1, 0.15) is 22.7 Å². The van der Waals surface area contributed by atoms with E-state index in [0.717, 1.165) is 36.4 Å². The standard InChI is InChI=1S/C21H23Cl2N3O/c22-11-13-26(14-12-23)15-16-5-8-18(9-6-16)24-25-21-19-4-2-1-3-17(19)7-10-20(21)27/h1-10,20-21,27H,11-15H2/t20-,21-/m0/s1. The second-order valence-electron chi connectivity index (χ2n) is 6.46. The van der Waals surface area contributed by atoms with Crippen LogP contribution in [0.4, 0.5) is 5.69 Å². The van der Waals surface area contributed by atoms with Crippen LogP contribution in [0.25, 0.3) is 6.08 Å². The van der Waals surface area contributed by atoms with Crippen molar-refractivity contribution in [2.45, 2.75) is 18.7 Å². The third kappa shape index (κ3) is 5.39. The van der Waals surface area contributed by atoms with Crippen molar-refractivity contribution in [3.63, 3.8) is 0 Å². The first-order chi connectivity index (χ1) is 13.2. The second kappa shape index (κ2) is 10.00. The molecule has 4 nitrogen and oxygen atoms in total. The molecule has 2 atom stereocenters. The predicted octanol–water partition coefficient (Wildman–Crippen LogP) is 5.18. The maximum Gasteiger partial charge on any atom is 0.126 e. The lowest BCUT2D eigenvalue weighted by Crippen LogP contribution is -2.27. The average Bonchev–Trinajstić information content (AvgIpc) is 2.69. The van der Waals surface area contributed by atoms with E-state index in [1.807, 2.05) is 54.6 Å². The SMILES string of the molecule is O[C@H]1C=Cc2ccccc2[C@@H]1N=Nc1ccc(CN(CCCl)CCCl)cc1. The van der Waals surface area contributed by atoms with Gasteiger partial charge in [-0.25, -0.2) is 0 Å². The molecule has 0 fully saturated rings. The Morgan fingerprint density at radius 1 is 0.963 bits per heavy atom. The number of benzene rings is 2. The number of hydrogen-bond acceptors (Lipinski definition) is 4. The lowest BCUT2D eigenvalue weighted by Gasteiger charge is -2.22. The molecule has 0 amide bonds. The van der Waals surface area contributed by atoms with Gasteiger partial charge in [-0.3, -0.25) is 4.90 Å². The highest BCUT2D eigenvalue weighted by Crippen LogP contribution is 2.32. The fourth-order valence-corrected chi connectivity index (χ4v) is 3.60. The van der Waals surface area contributed by atoms with E-state index in [1.165, 1.54) is 5.56 Å². The van der Waals surface area contributed by atoms with E-state index in [2.05, 4.69) is 15.1 Å². The molecule has 27 heavy (non-hydrogen) atoms. The van der Waals surface area contributed by atoms with Gasteiger partial charge in [0.2, 0.25) is 0 Å². The number of hydrogen-bond donors (Lipinski definition) is 1. The van der Waals surface area contributed by atoms with E-state index < -0.39 is 6.10 Å². The molecule has 3 rings (SSSR count). The van der Waals surface area contributed by atoms with Crippen LogP contribution in [0.2, 0.25) is 0 Å². The minimum absolute atomic E-state index is 0.381. The average molecular weight is 404 g/mol. The molecule has 2 aromatic carbocycles. The third-order valence-corrected chi connectivity index (χ3v) is 4.89. The molecular formula is C21H23Cl2N3O. The van der Waals surface area contributed by atoms with Crippen molar-refractivity contribution in [3.05, 3.63) is 71.3 Å². The summed E-state index contributed by atoms with van der Waals surface area (Å²) in [7, 11) is 0. The van der Waals surface area contributed by atoms with Crippen LogP contribution in [0.3, 0.4) is 0 Å². The Labute approximate surface area is 170 Å². The van der Waals surface area contributed by atoms with Crippen LogP contribution >= 0.6 is 23.2 Å². The minimum Gasteiger partial charge on any atom is -0.386 e. The van der Waals surface area contributed by atoms with Crippen molar-refractivity contribution in [2.24, 2.45) is 10.2 Å². The van der Waals surface area contributed by atoms with Crippen molar-refractivity contribution >= 4 is 35.0 Å². The Hall–Kier alpha value is -1.72. The number of alkyl halides is 2. The lowest BCUT2D eigenvalue weighted by molar-refractivity contribution is 0.189. The van der Waals surface area contributed by atoms with Gasteiger partial charge in [0.05, 0.1) is 5.69 Å². The van der Waals surface area contributed by atoms with E-state index in [4.69, 9.17) is 23.2 Å². The molecule has 6 heteroatoms. The Morgan fingerprint density at radius 2 is 1.67 bits per heavy atom. The molecule has 0 bridgehead atoms. The van der Waals surface area contributed by atoms with Crippen LogP contribution in [0.15, 0.2) is 64.8 Å². The molecule has 1 N–H and O–H groups in total. The first-order valence-corrected chi connectivity index (χ1v) is 10.1. The van der Waals surface area contributed by atoms with Gasteiger partial charge in [-0.15, -0.1) is 23.2 Å². The summed E-state index contributed by atoms with van der Waals surface area (Å²) < 4.78 is 0. The second-order valence-corrected chi connectivity index (χ2v) is 7.22. The summed E-state index contributed by atoms with van der Waals surface area (Å²) in [5, 5.41) is 19.0. The fourth-order valence-electron chi connectivity index (χ4n) is 3.12. The number of azo groups is 1.